The van der Waals surface area contributed by atoms with Gasteiger partial charge in [0.2, 0.25) is 0 Å². The zero-order valence-electron chi connectivity index (χ0n) is 12.1. The van der Waals surface area contributed by atoms with Crippen molar-refractivity contribution >= 4 is 5.78 Å². The molecule has 0 aliphatic heterocycles. The van der Waals surface area contributed by atoms with Gasteiger partial charge in [-0.25, -0.2) is 0 Å². The van der Waals surface area contributed by atoms with Gasteiger partial charge in [-0.05, 0) is 37.5 Å². The number of hydrogen-bond acceptors (Lipinski definition) is 2. The second kappa shape index (κ2) is 6.90. The van der Waals surface area contributed by atoms with E-state index in [2.05, 4.69) is 19.1 Å². The SMILES string of the molecule is COc1ccc2c(c1)C(=O)CCC2.Cc1ccccc1. The maximum atomic E-state index is 11.5. The van der Waals surface area contributed by atoms with E-state index >= 15 is 0 Å². The average Bonchev–Trinajstić information content (AvgIpc) is 2.49. The molecule has 2 aromatic rings. The van der Waals surface area contributed by atoms with E-state index in [9.17, 15) is 4.79 Å². The Balaban J connectivity index is 0.000000178. The van der Waals surface area contributed by atoms with Crippen LogP contribution in [0.15, 0.2) is 48.5 Å². The maximum absolute atomic E-state index is 11.5. The number of carbonyl (C=O) groups excluding carboxylic acids is 1. The Bertz CT molecular complexity index is 573. The highest BCUT2D eigenvalue weighted by Crippen LogP contribution is 2.24. The van der Waals surface area contributed by atoms with Crippen LogP contribution in [-0.2, 0) is 6.42 Å². The molecule has 2 heteroatoms. The number of ether oxygens (including phenoxy) is 1. The molecule has 0 spiro atoms. The van der Waals surface area contributed by atoms with Gasteiger partial charge in [-0.3, -0.25) is 4.79 Å². The predicted molar refractivity (Wildman–Crippen MR) is 81.4 cm³/mol. The fourth-order valence-corrected chi connectivity index (χ4v) is 2.27. The Morgan fingerprint density at radius 2 is 1.75 bits per heavy atom. The number of ketones is 1. The highest BCUT2D eigenvalue weighted by atomic mass is 16.5. The molecule has 0 saturated carbocycles. The average molecular weight is 268 g/mol. The van der Waals surface area contributed by atoms with E-state index in [-0.39, 0.29) is 5.78 Å². The molecular weight excluding hydrogens is 248 g/mol. The number of benzene rings is 2. The maximum Gasteiger partial charge on any atom is 0.163 e. The standard InChI is InChI=1S/C11H12O2.C7H8/c1-13-9-6-5-8-3-2-4-11(12)10(8)7-9;1-7-5-3-2-4-6-7/h5-7H,2-4H2,1H3;2-6H,1H3. The Morgan fingerprint density at radius 1 is 1.00 bits per heavy atom. The Hall–Kier alpha value is -2.09. The summed E-state index contributed by atoms with van der Waals surface area (Å²) in [4.78, 5) is 11.5. The summed E-state index contributed by atoms with van der Waals surface area (Å²) in [6.07, 6.45) is 2.68. The molecule has 0 N–H and O–H groups in total. The molecule has 3 rings (SSSR count). The topological polar surface area (TPSA) is 26.3 Å². The van der Waals surface area contributed by atoms with E-state index in [1.807, 2.05) is 36.4 Å². The summed E-state index contributed by atoms with van der Waals surface area (Å²) in [7, 11) is 1.62. The largest absolute Gasteiger partial charge is 0.497 e. The fraction of sp³-hybridized carbons (Fsp3) is 0.278. The predicted octanol–water partition coefficient (Wildman–Crippen LogP) is 4.21. The molecule has 1 aliphatic carbocycles. The summed E-state index contributed by atoms with van der Waals surface area (Å²) >= 11 is 0. The lowest BCUT2D eigenvalue weighted by Crippen LogP contribution is -2.10. The number of aryl methyl sites for hydroxylation is 2. The zero-order chi connectivity index (χ0) is 14.4. The third kappa shape index (κ3) is 3.70. The normalized spacial score (nSPS) is 13.0. The van der Waals surface area contributed by atoms with Gasteiger partial charge < -0.3 is 4.74 Å². The lowest BCUT2D eigenvalue weighted by molar-refractivity contribution is 0.0972. The van der Waals surface area contributed by atoms with Crippen molar-refractivity contribution in [1.29, 1.82) is 0 Å². The van der Waals surface area contributed by atoms with Gasteiger partial charge >= 0.3 is 0 Å². The molecule has 1 aliphatic rings. The van der Waals surface area contributed by atoms with E-state index in [0.29, 0.717) is 6.42 Å². The molecular formula is C18H20O2. The Labute approximate surface area is 120 Å². The molecule has 0 amide bonds. The molecule has 2 nitrogen and oxygen atoms in total. The zero-order valence-corrected chi connectivity index (χ0v) is 12.1. The first-order chi connectivity index (χ1) is 9.70. The summed E-state index contributed by atoms with van der Waals surface area (Å²) in [5.41, 5.74) is 3.34. The van der Waals surface area contributed by atoms with E-state index < -0.39 is 0 Å². The molecule has 0 fully saturated rings. The van der Waals surface area contributed by atoms with Crippen LogP contribution in [0.2, 0.25) is 0 Å². The van der Waals surface area contributed by atoms with Crippen LogP contribution in [0.1, 0.15) is 34.3 Å². The van der Waals surface area contributed by atoms with Gasteiger partial charge in [-0.1, -0.05) is 42.0 Å². The second-order valence-electron chi connectivity index (χ2n) is 4.95. The second-order valence-corrected chi connectivity index (χ2v) is 4.95. The summed E-state index contributed by atoms with van der Waals surface area (Å²) in [5, 5.41) is 0. The summed E-state index contributed by atoms with van der Waals surface area (Å²) < 4.78 is 5.08. The van der Waals surface area contributed by atoms with Crippen LogP contribution in [0.5, 0.6) is 5.75 Å². The molecule has 0 atom stereocenters. The van der Waals surface area contributed by atoms with Crippen molar-refractivity contribution < 1.29 is 9.53 Å². The lowest BCUT2D eigenvalue weighted by Gasteiger charge is -2.14. The van der Waals surface area contributed by atoms with E-state index in [4.69, 9.17) is 4.74 Å². The molecule has 2 aromatic carbocycles. The molecule has 104 valence electrons. The highest BCUT2D eigenvalue weighted by Gasteiger charge is 2.17. The minimum atomic E-state index is 0.250. The van der Waals surface area contributed by atoms with Gasteiger partial charge in [0.15, 0.2) is 5.78 Å². The van der Waals surface area contributed by atoms with Crippen molar-refractivity contribution in [2.24, 2.45) is 0 Å². The van der Waals surface area contributed by atoms with Crippen LogP contribution < -0.4 is 4.74 Å². The molecule has 0 aromatic heterocycles. The van der Waals surface area contributed by atoms with Gasteiger partial charge in [-0.15, -0.1) is 0 Å². The number of hydrogen-bond donors (Lipinski definition) is 0. The first kappa shape index (κ1) is 14.3. The molecule has 0 radical (unpaired) electrons. The van der Waals surface area contributed by atoms with Crippen LogP contribution in [0.3, 0.4) is 0 Å². The fourth-order valence-electron chi connectivity index (χ4n) is 2.27. The Morgan fingerprint density at radius 3 is 2.35 bits per heavy atom. The van der Waals surface area contributed by atoms with Gasteiger partial charge in [0.25, 0.3) is 0 Å². The van der Waals surface area contributed by atoms with Gasteiger partial charge in [0.05, 0.1) is 7.11 Å². The van der Waals surface area contributed by atoms with Crippen molar-refractivity contribution in [2.45, 2.75) is 26.2 Å². The van der Waals surface area contributed by atoms with Gasteiger partial charge in [0, 0.05) is 12.0 Å². The number of rotatable bonds is 1. The molecule has 20 heavy (non-hydrogen) atoms. The van der Waals surface area contributed by atoms with Crippen LogP contribution >= 0.6 is 0 Å². The van der Waals surface area contributed by atoms with Crippen LogP contribution in [0, 0.1) is 6.92 Å². The van der Waals surface area contributed by atoms with Crippen molar-refractivity contribution in [3.63, 3.8) is 0 Å². The molecule has 0 bridgehead atoms. The number of carbonyl (C=O) groups is 1. The van der Waals surface area contributed by atoms with Gasteiger partial charge in [-0.2, -0.15) is 0 Å². The molecule has 0 heterocycles. The van der Waals surface area contributed by atoms with E-state index in [1.165, 1.54) is 5.56 Å². The monoisotopic (exact) mass is 268 g/mol. The third-order valence-electron chi connectivity index (χ3n) is 3.41. The van der Waals surface area contributed by atoms with Gasteiger partial charge in [0.1, 0.15) is 5.75 Å². The lowest BCUT2D eigenvalue weighted by atomic mass is 9.91. The van der Waals surface area contributed by atoms with Crippen molar-refractivity contribution in [3.05, 3.63) is 65.2 Å². The van der Waals surface area contributed by atoms with E-state index in [1.54, 1.807) is 7.11 Å². The number of Topliss-reactive ketones (excluding diaryl/α,β-unsaturated/α-hetero) is 1. The first-order valence-corrected chi connectivity index (χ1v) is 6.92. The third-order valence-corrected chi connectivity index (χ3v) is 3.41. The minimum Gasteiger partial charge on any atom is -0.497 e. The van der Waals surface area contributed by atoms with Crippen LogP contribution in [0.4, 0.5) is 0 Å². The van der Waals surface area contributed by atoms with Crippen LogP contribution in [-0.4, -0.2) is 12.9 Å². The van der Waals surface area contributed by atoms with Crippen molar-refractivity contribution in [2.75, 3.05) is 7.11 Å². The molecule has 0 saturated heterocycles. The van der Waals surface area contributed by atoms with Crippen molar-refractivity contribution in [1.82, 2.24) is 0 Å². The molecule has 0 unspecified atom stereocenters. The number of methoxy groups -OCH3 is 1. The van der Waals surface area contributed by atoms with Crippen LogP contribution in [0.25, 0.3) is 0 Å². The quantitative estimate of drug-likeness (QED) is 0.774. The summed E-state index contributed by atoms with van der Waals surface area (Å²) in [6.45, 7) is 2.08. The minimum absolute atomic E-state index is 0.250. The van der Waals surface area contributed by atoms with Crippen molar-refractivity contribution in [3.8, 4) is 5.75 Å². The highest BCUT2D eigenvalue weighted by molar-refractivity contribution is 5.98. The number of fused-ring (bicyclic) bond motifs is 1. The summed E-state index contributed by atoms with van der Waals surface area (Å²) in [6, 6.07) is 16.0. The van der Waals surface area contributed by atoms with E-state index in [0.717, 1.165) is 29.7 Å². The Kier molecular flexibility index (Phi) is 4.94. The first-order valence-electron chi connectivity index (χ1n) is 6.92. The summed E-state index contributed by atoms with van der Waals surface area (Å²) in [5.74, 6) is 1.02. The smallest absolute Gasteiger partial charge is 0.163 e.